The number of carboxylic acids is 1. The van der Waals surface area contributed by atoms with Gasteiger partial charge in [-0.2, -0.15) is 0 Å². The molecule has 82 valence electrons. The maximum atomic E-state index is 10.6. The molecule has 1 aromatic carbocycles. The number of phenols is 1. The molecule has 0 aliphatic rings. The molecule has 0 aliphatic heterocycles. The van der Waals surface area contributed by atoms with Crippen LogP contribution >= 0.6 is 11.8 Å². The van der Waals surface area contributed by atoms with Crippen LogP contribution in [0, 0.1) is 0 Å². The highest BCUT2D eigenvalue weighted by Crippen LogP contribution is 2.24. The van der Waals surface area contributed by atoms with E-state index >= 15 is 0 Å². The molecular formula is C10H12O4S. The Morgan fingerprint density at radius 1 is 1.40 bits per heavy atom. The molecule has 15 heavy (non-hydrogen) atoms. The highest BCUT2D eigenvalue weighted by atomic mass is 32.2. The van der Waals surface area contributed by atoms with E-state index in [0.29, 0.717) is 0 Å². The summed E-state index contributed by atoms with van der Waals surface area (Å²) in [6.45, 7) is 1.25. The summed E-state index contributed by atoms with van der Waals surface area (Å²) in [7, 11) is 0. The van der Waals surface area contributed by atoms with Gasteiger partial charge in [0.25, 0.3) is 0 Å². The second-order valence-corrected chi connectivity index (χ2v) is 4.41. The minimum Gasteiger partial charge on any atom is -0.508 e. The van der Waals surface area contributed by atoms with Gasteiger partial charge < -0.3 is 15.3 Å². The third kappa shape index (κ3) is 3.45. The van der Waals surface area contributed by atoms with Crippen molar-refractivity contribution in [2.75, 3.05) is 5.75 Å². The van der Waals surface area contributed by atoms with E-state index in [2.05, 4.69) is 0 Å². The molecule has 0 saturated carbocycles. The van der Waals surface area contributed by atoms with Crippen LogP contribution in [0.2, 0.25) is 0 Å². The van der Waals surface area contributed by atoms with Gasteiger partial charge in [0.2, 0.25) is 0 Å². The van der Waals surface area contributed by atoms with Crippen molar-refractivity contribution >= 4 is 17.7 Å². The van der Waals surface area contributed by atoms with Gasteiger partial charge >= 0.3 is 5.97 Å². The minimum absolute atomic E-state index is 0.0626. The Bertz CT molecular complexity index is 345. The number of hydrogen-bond acceptors (Lipinski definition) is 4. The van der Waals surface area contributed by atoms with E-state index in [0.717, 1.165) is 4.90 Å². The van der Waals surface area contributed by atoms with Crippen molar-refractivity contribution in [3.05, 3.63) is 24.3 Å². The lowest BCUT2D eigenvalue weighted by Crippen LogP contribution is -2.37. The van der Waals surface area contributed by atoms with Crippen LogP contribution in [0.25, 0.3) is 0 Å². The number of carboxylic acid groups (broad SMARTS) is 1. The zero-order chi connectivity index (χ0) is 11.5. The first kappa shape index (κ1) is 11.9. The lowest BCUT2D eigenvalue weighted by atomic mass is 10.1. The Labute approximate surface area is 91.6 Å². The number of carbonyl (C=O) groups is 1. The van der Waals surface area contributed by atoms with Crippen LogP contribution in [0.4, 0.5) is 0 Å². The molecule has 1 unspecified atom stereocenters. The van der Waals surface area contributed by atoms with Gasteiger partial charge in [-0.05, 0) is 31.2 Å². The molecule has 0 aliphatic carbocycles. The average molecular weight is 228 g/mol. The van der Waals surface area contributed by atoms with Crippen molar-refractivity contribution in [2.24, 2.45) is 0 Å². The van der Waals surface area contributed by atoms with Gasteiger partial charge in [-0.3, -0.25) is 0 Å². The van der Waals surface area contributed by atoms with Gasteiger partial charge in [0, 0.05) is 10.6 Å². The molecule has 0 amide bonds. The highest BCUT2D eigenvalue weighted by Gasteiger charge is 2.29. The molecule has 3 N–H and O–H groups in total. The number of aliphatic hydroxyl groups is 1. The molecule has 0 heterocycles. The minimum atomic E-state index is -1.73. The first-order valence-corrected chi connectivity index (χ1v) is 5.28. The maximum Gasteiger partial charge on any atom is 0.336 e. The Hall–Kier alpha value is -1.20. The quantitative estimate of drug-likeness (QED) is 0.677. The highest BCUT2D eigenvalue weighted by molar-refractivity contribution is 7.99. The van der Waals surface area contributed by atoms with Crippen LogP contribution in [-0.2, 0) is 4.79 Å². The van der Waals surface area contributed by atoms with Gasteiger partial charge in [0.1, 0.15) is 5.75 Å². The fourth-order valence-electron chi connectivity index (χ4n) is 0.828. The van der Waals surface area contributed by atoms with E-state index < -0.39 is 11.6 Å². The van der Waals surface area contributed by atoms with Gasteiger partial charge in [0.15, 0.2) is 5.60 Å². The zero-order valence-electron chi connectivity index (χ0n) is 8.17. The Morgan fingerprint density at radius 2 is 1.93 bits per heavy atom. The standard InChI is InChI=1S/C10H12O4S/c1-10(14,9(12)13)6-15-8-4-2-7(11)3-5-8/h2-5,11,14H,6H2,1H3,(H,12,13). The lowest BCUT2D eigenvalue weighted by molar-refractivity contribution is -0.154. The SMILES string of the molecule is CC(O)(CSc1ccc(O)cc1)C(=O)O. The van der Waals surface area contributed by atoms with Crippen molar-refractivity contribution in [2.45, 2.75) is 17.4 Å². The largest absolute Gasteiger partial charge is 0.508 e. The molecule has 4 nitrogen and oxygen atoms in total. The van der Waals surface area contributed by atoms with Gasteiger partial charge in [0.05, 0.1) is 0 Å². The number of aromatic hydroxyl groups is 1. The van der Waals surface area contributed by atoms with E-state index in [-0.39, 0.29) is 11.5 Å². The molecule has 1 aromatic rings. The Balaban J connectivity index is 2.57. The molecule has 0 aromatic heterocycles. The van der Waals surface area contributed by atoms with Crippen LogP contribution < -0.4 is 0 Å². The van der Waals surface area contributed by atoms with Crippen molar-refractivity contribution in [3.8, 4) is 5.75 Å². The summed E-state index contributed by atoms with van der Waals surface area (Å²) >= 11 is 1.22. The van der Waals surface area contributed by atoms with Crippen molar-refractivity contribution in [1.29, 1.82) is 0 Å². The third-order valence-corrected chi connectivity index (χ3v) is 3.13. The van der Waals surface area contributed by atoms with Crippen LogP contribution in [0.15, 0.2) is 29.2 Å². The second kappa shape index (κ2) is 4.55. The third-order valence-electron chi connectivity index (χ3n) is 1.82. The van der Waals surface area contributed by atoms with Crippen LogP contribution in [0.3, 0.4) is 0 Å². The summed E-state index contributed by atoms with van der Waals surface area (Å²) in [5.74, 6) is -1.02. The fourth-order valence-corrected chi connectivity index (χ4v) is 1.73. The molecule has 5 heteroatoms. The van der Waals surface area contributed by atoms with Gasteiger partial charge in [-0.15, -0.1) is 11.8 Å². The summed E-state index contributed by atoms with van der Waals surface area (Å²) in [4.78, 5) is 11.4. The Kier molecular flexibility index (Phi) is 3.60. The van der Waals surface area contributed by atoms with E-state index in [4.69, 9.17) is 10.2 Å². The first-order valence-electron chi connectivity index (χ1n) is 4.29. The van der Waals surface area contributed by atoms with E-state index in [1.807, 2.05) is 0 Å². The molecule has 0 spiro atoms. The monoisotopic (exact) mass is 228 g/mol. The fraction of sp³-hybridized carbons (Fsp3) is 0.300. The number of benzene rings is 1. The number of aliphatic carboxylic acids is 1. The summed E-state index contributed by atoms with van der Waals surface area (Å²) in [6.07, 6.45) is 0. The number of hydrogen-bond donors (Lipinski definition) is 3. The van der Waals surface area contributed by atoms with Gasteiger partial charge in [-0.25, -0.2) is 4.79 Å². The molecule has 0 radical (unpaired) electrons. The maximum absolute atomic E-state index is 10.6. The van der Waals surface area contributed by atoms with Crippen molar-refractivity contribution < 1.29 is 20.1 Å². The predicted molar refractivity (Wildman–Crippen MR) is 57.1 cm³/mol. The van der Waals surface area contributed by atoms with Crippen LogP contribution in [-0.4, -0.2) is 32.6 Å². The van der Waals surface area contributed by atoms with Crippen molar-refractivity contribution in [3.63, 3.8) is 0 Å². The smallest absolute Gasteiger partial charge is 0.336 e. The lowest BCUT2D eigenvalue weighted by Gasteiger charge is -2.16. The number of rotatable bonds is 4. The average Bonchev–Trinajstić information content (AvgIpc) is 2.17. The summed E-state index contributed by atoms with van der Waals surface area (Å²) in [5, 5.41) is 27.1. The van der Waals surface area contributed by atoms with E-state index in [9.17, 15) is 9.90 Å². The Morgan fingerprint density at radius 3 is 2.40 bits per heavy atom. The van der Waals surface area contributed by atoms with E-state index in [1.54, 1.807) is 12.1 Å². The second-order valence-electron chi connectivity index (χ2n) is 3.36. The number of phenolic OH excluding ortho intramolecular Hbond substituents is 1. The normalized spacial score (nSPS) is 14.5. The molecule has 0 fully saturated rings. The van der Waals surface area contributed by atoms with Crippen LogP contribution in [0.5, 0.6) is 5.75 Å². The molecule has 0 bridgehead atoms. The molecular weight excluding hydrogens is 216 g/mol. The molecule has 1 atom stereocenters. The zero-order valence-corrected chi connectivity index (χ0v) is 8.99. The topological polar surface area (TPSA) is 77.8 Å². The van der Waals surface area contributed by atoms with E-state index in [1.165, 1.54) is 30.8 Å². The summed E-state index contributed by atoms with van der Waals surface area (Å²) in [6, 6.07) is 6.35. The molecule has 1 rings (SSSR count). The van der Waals surface area contributed by atoms with Gasteiger partial charge in [-0.1, -0.05) is 0 Å². The number of thioether (sulfide) groups is 1. The predicted octanol–water partition coefficient (Wildman–Crippen LogP) is 1.32. The van der Waals surface area contributed by atoms with Crippen molar-refractivity contribution in [1.82, 2.24) is 0 Å². The molecule has 0 saturated heterocycles. The first-order chi connectivity index (χ1) is 6.92. The summed E-state index contributed by atoms with van der Waals surface area (Å²) in [5.41, 5.74) is -1.73. The summed E-state index contributed by atoms with van der Waals surface area (Å²) < 4.78 is 0. The van der Waals surface area contributed by atoms with Crippen LogP contribution in [0.1, 0.15) is 6.92 Å².